The normalized spacial score (nSPS) is 10.9. The first kappa shape index (κ1) is 18.1. The Kier molecular flexibility index (Phi) is 5.58. The summed E-state index contributed by atoms with van der Waals surface area (Å²) in [6.45, 7) is 0.530. The van der Waals surface area contributed by atoms with Gasteiger partial charge in [0.05, 0.1) is 22.2 Å². The molecule has 0 saturated carbocycles. The van der Waals surface area contributed by atoms with Crippen LogP contribution in [0.5, 0.6) is 0 Å². The van der Waals surface area contributed by atoms with Crippen molar-refractivity contribution < 1.29 is 4.79 Å². The molecule has 4 aromatic heterocycles. The van der Waals surface area contributed by atoms with Crippen LogP contribution in [0.4, 0.5) is 0 Å². The molecule has 0 bridgehead atoms. The molecule has 0 aliphatic rings. The first-order chi connectivity index (χ1) is 13.8. The van der Waals surface area contributed by atoms with Gasteiger partial charge >= 0.3 is 0 Å². The van der Waals surface area contributed by atoms with Crippen LogP contribution in [0.15, 0.2) is 72.3 Å². The molecule has 4 heterocycles. The van der Waals surface area contributed by atoms with Crippen LogP contribution in [0.1, 0.15) is 5.69 Å². The van der Waals surface area contributed by atoms with Crippen molar-refractivity contribution in [2.75, 3.05) is 12.3 Å². The number of rotatable bonds is 7. The summed E-state index contributed by atoms with van der Waals surface area (Å²) >= 11 is 1.42. The topological polar surface area (TPSA) is 85.1 Å². The molecule has 140 valence electrons. The Morgan fingerprint density at radius 2 is 2.00 bits per heavy atom. The van der Waals surface area contributed by atoms with Crippen molar-refractivity contribution in [3.63, 3.8) is 0 Å². The third-order valence-electron chi connectivity index (χ3n) is 4.04. The fraction of sp³-hybridized carbons (Fsp3) is 0.150. The second-order valence-corrected chi connectivity index (χ2v) is 7.04. The lowest BCUT2D eigenvalue weighted by Gasteiger charge is -2.03. The average Bonchev–Trinajstić information content (AvgIpc) is 3.15. The highest BCUT2D eigenvalue weighted by molar-refractivity contribution is 7.99. The predicted molar refractivity (Wildman–Crippen MR) is 108 cm³/mol. The summed E-state index contributed by atoms with van der Waals surface area (Å²) in [4.78, 5) is 24.8. The standard InChI is InChI=1S/C20H18N6OS/c27-19(14-28-20-3-1-2-8-23-20)22-11-6-16-13-18-24-17(7-12-26(18)25-16)15-4-9-21-10-5-15/h1-5,7-10,12-13H,6,11,14H2,(H,22,27). The molecule has 0 atom stereocenters. The molecule has 0 spiro atoms. The quantitative estimate of drug-likeness (QED) is 0.488. The van der Waals surface area contributed by atoms with E-state index in [0.29, 0.717) is 18.7 Å². The molecular formula is C20H18N6OS. The lowest BCUT2D eigenvalue weighted by molar-refractivity contribution is -0.118. The van der Waals surface area contributed by atoms with Crippen LogP contribution in [-0.2, 0) is 11.2 Å². The van der Waals surface area contributed by atoms with Crippen molar-refractivity contribution in [3.05, 3.63) is 72.9 Å². The first-order valence-electron chi connectivity index (χ1n) is 8.84. The minimum atomic E-state index is -0.0162. The number of fused-ring (bicyclic) bond motifs is 1. The summed E-state index contributed by atoms with van der Waals surface area (Å²) in [5.74, 6) is 0.330. The van der Waals surface area contributed by atoms with Crippen molar-refractivity contribution >= 4 is 23.3 Å². The van der Waals surface area contributed by atoms with Gasteiger partial charge in [0.1, 0.15) is 0 Å². The Morgan fingerprint density at radius 3 is 2.82 bits per heavy atom. The zero-order valence-corrected chi connectivity index (χ0v) is 15.8. The summed E-state index contributed by atoms with van der Waals surface area (Å²) in [5, 5.41) is 8.27. The van der Waals surface area contributed by atoms with Gasteiger partial charge in [-0.05, 0) is 30.3 Å². The molecule has 1 amide bonds. The maximum absolute atomic E-state index is 12.0. The number of thioether (sulfide) groups is 1. The Labute approximate surface area is 166 Å². The predicted octanol–water partition coefficient (Wildman–Crippen LogP) is 2.64. The third kappa shape index (κ3) is 4.52. The van der Waals surface area contributed by atoms with Gasteiger partial charge in [0.15, 0.2) is 5.65 Å². The van der Waals surface area contributed by atoms with Gasteiger partial charge in [-0.25, -0.2) is 14.5 Å². The fourth-order valence-electron chi connectivity index (χ4n) is 2.69. The molecule has 28 heavy (non-hydrogen) atoms. The molecule has 0 radical (unpaired) electrons. The Morgan fingerprint density at radius 1 is 1.11 bits per heavy atom. The second-order valence-electron chi connectivity index (χ2n) is 6.04. The summed E-state index contributed by atoms with van der Waals surface area (Å²) in [6.07, 6.45) is 7.76. The molecule has 1 N–H and O–H groups in total. The largest absolute Gasteiger partial charge is 0.355 e. The lowest BCUT2D eigenvalue weighted by atomic mass is 10.2. The van der Waals surface area contributed by atoms with Gasteiger partial charge < -0.3 is 5.32 Å². The minimum absolute atomic E-state index is 0.0162. The van der Waals surface area contributed by atoms with E-state index < -0.39 is 0 Å². The highest BCUT2D eigenvalue weighted by Gasteiger charge is 2.07. The molecule has 0 aliphatic heterocycles. The number of nitrogens with zero attached hydrogens (tertiary/aromatic N) is 5. The Hall–Kier alpha value is -3.26. The van der Waals surface area contributed by atoms with E-state index in [1.165, 1.54) is 11.8 Å². The van der Waals surface area contributed by atoms with E-state index >= 15 is 0 Å². The molecule has 7 nitrogen and oxygen atoms in total. The van der Waals surface area contributed by atoms with Crippen LogP contribution in [0.2, 0.25) is 0 Å². The minimum Gasteiger partial charge on any atom is -0.355 e. The van der Waals surface area contributed by atoms with Crippen molar-refractivity contribution in [2.24, 2.45) is 0 Å². The smallest absolute Gasteiger partial charge is 0.230 e. The van der Waals surface area contributed by atoms with E-state index in [-0.39, 0.29) is 5.91 Å². The maximum atomic E-state index is 12.0. The molecule has 0 aromatic carbocycles. The SMILES string of the molecule is O=C(CSc1ccccn1)NCCc1cc2nc(-c3ccncc3)ccn2n1. The number of hydrogen-bond acceptors (Lipinski definition) is 6. The Balaban J connectivity index is 1.32. The lowest BCUT2D eigenvalue weighted by Crippen LogP contribution is -2.27. The summed E-state index contributed by atoms with van der Waals surface area (Å²) in [6, 6.07) is 13.4. The van der Waals surface area contributed by atoms with Crippen molar-refractivity contribution in [2.45, 2.75) is 11.4 Å². The fourth-order valence-corrected chi connectivity index (χ4v) is 3.38. The number of nitrogens with one attached hydrogen (secondary N) is 1. The van der Waals surface area contributed by atoms with E-state index in [9.17, 15) is 4.79 Å². The summed E-state index contributed by atoms with van der Waals surface area (Å²) < 4.78 is 1.75. The van der Waals surface area contributed by atoms with Crippen LogP contribution >= 0.6 is 11.8 Å². The molecule has 8 heteroatoms. The van der Waals surface area contributed by atoms with Crippen LogP contribution in [0.25, 0.3) is 16.9 Å². The summed E-state index contributed by atoms with van der Waals surface area (Å²) in [5.41, 5.74) is 3.55. The highest BCUT2D eigenvalue weighted by atomic mass is 32.2. The number of hydrogen-bond donors (Lipinski definition) is 1. The third-order valence-corrected chi connectivity index (χ3v) is 4.99. The van der Waals surface area contributed by atoms with E-state index in [4.69, 9.17) is 0 Å². The van der Waals surface area contributed by atoms with Gasteiger partial charge in [0.2, 0.25) is 5.91 Å². The van der Waals surface area contributed by atoms with Gasteiger partial charge in [0.25, 0.3) is 0 Å². The van der Waals surface area contributed by atoms with E-state index in [2.05, 4.69) is 25.4 Å². The molecule has 0 aliphatic carbocycles. The monoisotopic (exact) mass is 390 g/mol. The average molecular weight is 390 g/mol. The van der Waals surface area contributed by atoms with Crippen LogP contribution in [0.3, 0.4) is 0 Å². The first-order valence-corrected chi connectivity index (χ1v) is 9.83. The van der Waals surface area contributed by atoms with E-state index in [1.807, 2.05) is 48.7 Å². The van der Waals surface area contributed by atoms with E-state index in [0.717, 1.165) is 27.6 Å². The number of carbonyl (C=O) groups excluding carboxylic acids is 1. The molecule has 0 saturated heterocycles. The second kappa shape index (κ2) is 8.62. The number of pyridine rings is 2. The maximum Gasteiger partial charge on any atom is 0.230 e. The van der Waals surface area contributed by atoms with Gasteiger partial charge in [-0.3, -0.25) is 9.78 Å². The van der Waals surface area contributed by atoms with Gasteiger partial charge in [-0.15, -0.1) is 0 Å². The molecule has 0 fully saturated rings. The highest BCUT2D eigenvalue weighted by Crippen LogP contribution is 2.17. The Bertz CT molecular complexity index is 1070. The van der Waals surface area contributed by atoms with Gasteiger partial charge in [-0.2, -0.15) is 5.10 Å². The van der Waals surface area contributed by atoms with Gasteiger partial charge in [0, 0.05) is 49.4 Å². The number of aromatic nitrogens is 5. The van der Waals surface area contributed by atoms with Gasteiger partial charge in [-0.1, -0.05) is 17.8 Å². The van der Waals surface area contributed by atoms with Crippen molar-refractivity contribution in [1.82, 2.24) is 29.9 Å². The number of amides is 1. The van der Waals surface area contributed by atoms with Crippen molar-refractivity contribution in [1.29, 1.82) is 0 Å². The van der Waals surface area contributed by atoms with E-state index in [1.54, 1.807) is 23.1 Å². The zero-order chi connectivity index (χ0) is 19.2. The summed E-state index contributed by atoms with van der Waals surface area (Å²) in [7, 11) is 0. The molecule has 4 aromatic rings. The number of carbonyl (C=O) groups is 1. The molecule has 4 rings (SSSR count). The van der Waals surface area contributed by atoms with Crippen LogP contribution in [0, 0.1) is 0 Å². The molecule has 0 unspecified atom stereocenters. The molecular weight excluding hydrogens is 372 g/mol. The zero-order valence-electron chi connectivity index (χ0n) is 15.0. The van der Waals surface area contributed by atoms with Crippen LogP contribution < -0.4 is 5.32 Å². The van der Waals surface area contributed by atoms with Crippen molar-refractivity contribution in [3.8, 4) is 11.3 Å². The van der Waals surface area contributed by atoms with Crippen LogP contribution in [-0.4, -0.2) is 42.8 Å².